The molecule has 3 aromatic carbocycles. The van der Waals surface area contributed by atoms with Crippen molar-refractivity contribution in [3.05, 3.63) is 95.0 Å². The summed E-state index contributed by atoms with van der Waals surface area (Å²) in [6.45, 7) is 12.2. The van der Waals surface area contributed by atoms with Gasteiger partial charge < -0.3 is 9.30 Å². The molecule has 0 atom stereocenters. The molecule has 1 heterocycles. The van der Waals surface area contributed by atoms with E-state index in [-0.39, 0.29) is 40.2 Å². The quantitative estimate of drug-likeness (QED) is 0.192. The number of aromatic nitrogens is 1. The van der Waals surface area contributed by atoms with Crippen LogP contribution in [0.4, 0.5) is 14.5 Å². The fourth-order valence-electron chi connectivity index (χ4n) is 3.81. The maximum atomic E-state index is 15.5. The number of aryl methyl sites for hydroxylation is 2. The van der Waals surface area contributed by atoms with E-state index in [0.29, 0.717) is 10.9 Å². The van der Waals surface area contributed by atoms with E-state index in [1.165, 1.54) is 24.4 Å². The van der Waals surface area contributed by atoms with Crippen LogP contribution in [0.2, 0.25) is 0 Å². The van der Waals surface area contributed by atoms with Crippen LogP contribution in [-0.4, -0.2) is 31.9 Å². The first-order chi connectivity index (χ1) is 16.9. The van der Waals surface area contributed by atoms with Gasteiger partial charge in [0.2, 0.25) is 5.69 Å². The van der Waals surface area contributed by atoms with Gasteiger partial charge in [-0.25, -0.2) is 26.0 Å². The van der Waals surface area contributed by atoms with Gasteiger partial charge >= 0.3 is 0 Å². The normalized spacial score (nSPS) is 12.0. The Morgan fingerprint density at radius 1 is 1.03 bits per heavy atom. The highest BCUT2D eigenvalue weighted by atomic mass is 32.2. The predicted molar refractivity (Wildman–Crippen MR) is 136 cm³/mol. The number of halogens is 2. The lowest BCUT2D eigenvalue weighted by molar-refractivity contribution is 0.437. The third-order valence-electron chi connectivity index (χ3n) is 5.71. The van der Waals surface area contributed by atoms with Gasteiger partial charge in [-0.2, -0.15) is 0 Å². The fraction of sp³-hybridized carbons (Fsp3) is 0.192. The van der Waals surface area contributed by atoms with Crippen molar-refractivity contribution >= 4 is 33.8 Å². The monoisotopic (exact) mass is 528 g/mol. The molecule has 6 nitrogen and oxygen atoms in total. The Bertz CT molecular complexity index is 1670. The van der Waals surface area contributed by atoms with Crippen molar-refractivity contribution in [2.24, 2.45) is 0 Å². The van der Waals surface area contributed by atoms with Gasteiger partial charge in [-0.3, -0.25) is 0 Å². The zero-order valence-corrected chi connectivity index (χ0v) is 21.5. The van der Waals surface area contributed by atoms with Gasteiger partial charge in [0.15, 0.2) is 11.6 Å². The molecule has 0 amide bonds. The van der Waals surface area contributed by atoms with E-state index in [4.69, 9.17) is 11.3 Å². The molecule has 4 rings (SSSR count). The molecule has 10 heteroatoms. The number of nitrogens with zero attached hydrogens (tertiary/aromatic N) is 2. The Balaban J connectivity index is 1.89. The average Bonchev–Trinajstić information content (AvgIpc) is 3.24. The first kappa shape index (κ1) is 25.6. The van der Waals surface area contributed by atoms with Crippen LogP contribution < -0.4 is 4.74 Å². The Kier molecular flexibility index (Phi) is 6.78. The molecule has 0 saturated carbocycles. The van der Waals surface area contributed by atoms with E-state index in [2.05, 4.69) is 4.85 Å². The molecule has 0 unspecified atom stereocenters. The molecule has 0 aliphatic rings. The van der Waals surface area contributed by atoms with E-state index in [1.54, 1.807) is 31.5 Å². The van der Waals surface area contributed by atoms with Crippen LogP contribution in [-0.2, 0) is 21.0 Å². The molecule has 4 aromatic rings. The lowest BCUT2D eigenvalue weighted by atomic mass is 10.1. The van der Waals surface area contributed by atoms with Crippen LogP contribution >= 0.6 is 7.14 Å². The number of hydrogen-bond donors (Lipinski definition) is 0. The van der Waals surface area contributed by atoms with Gasteiger partial charge in [-0.15, -0.1) is 0 Å². The zero-order valence-electron chi connectivity index (χ0n) is 19.8. The first-order valence-corrected chi connectivity index (χ1v) is 15.2. The average molecular weight is 529 g/mol. The topological polar surface area (TPSA) is 69.7 Å². The van der Waals surface area contributed by atoms with Gasteiger partial charge in [0.1, 0.15) is 11.6 Å². The second kappa shape index (κ2) is 9.53. The van der Waals surface area contributed by atoms with Crippen molar-refractivity contribution in [2.45, 2.75) is 18.2 Å². The number of ether oxygens (including phenoxy) is 1. The van der Waals surface area contributed by atoms with Crippen molar-refractivity contribution in [1.82, 2.24) is 3.97 Å². The van der Waals surface area contributed by atoms with Gasteiger partial charge in [0.05, 0.1) is 24.1 Å². The second-order valence-electron chi connectivity index (χ2n) is 8.90. The third-order valence-corrected chi connectivity index (χ3v) is 8.71. The smallest absolute Gasteiger partial charge is 0.268 e. The molecule has 0 aliphatic carbocycles. The Hall–Kier alpha value is -3.47. The van der Waals surface area contributed by atoms with Crippen LogP contribution in [0.3, 0.4) is 0 Å². The molecule has 0 bridgehead atoms. The minimum absolute atomic E-state index is 0.0461. The number of rotatable bonds is 7. The summed E-state index contributed by atoms with van der Waals surface area (Å²) in [5.41, 5.74) is 1.06. The summed E-state index contributed by atoms with van der Waals surface area (Å²) in [7, 11) is -6.54. The molecule has 186 valence electrons. The lowest BCUT2D eigenvalue weighted by Gasteiger charge is -2.16. The van der Waals surface area contributed by atoms with E-state index in [9.17, 15) is 17.4 Å². The molecule has 0 fully saturated rings. The minimum Gasteiger partial charge on any atom is -0.455 e. The van der Waals surface area contributed by atoms with E-state index < -0.39 is 28.8 Å². The lowest BCUT2D eigenvalue weighted by Crippen LogP contribution is -2.12. The summed E-state index contributed by atoms with van der Waals surface area (Å²) in [6, 6.07) is 12.4. The minimum atomic E-state index is -4.02. The largest absolute Gasteiger partial charge is 0.455 e. The van der Waals surface area contributed by atoms with Crippen molar-refractivity contribution in [3.8, 4) is 11.5 Å². The van der Waals surface area contributed by atoms with Gasteiger partial charge in [-0.1, -0.05) is 17.7 Å². The third kappa shape index (κ3) is 5.06. The van der Waals surface area contributed by atoms with Crippen molar-refractivity contribution in [1.29, 1.82) is 0 Å². The van der Waals surface area contributed by atoms with E-state index in [1.807, 2.05) is 6.92 Å². The number of hydrogen-bond acceptors (Lipinski definition) is 4. The summed E-state index contributed by atoms with van der Waals surface area (Å²) < 4.78 is 75.2. The summed E-state index contributed by atoms with van der Waals surface area (Å²) in [5.74, 6) is -1.72. The van der Waals surface area contributed by atoms with Crippen LogP contribution in [0.1, 0.15) is 11.1 Å². The SMILES string of the molecule is [C-]#[N+]c1cc(Oc2c(F)cc3c(ccn3S(=O)(=O)c3ccc(C)cc3)c2CCP(C)(C)=O)ccc1F. The maximum Gasteiger partial charge on any atom is 0.268 e. The summed E-state index contributed by atoms with van der Waals surface area (Å²) in [6.07, 6.45) is 1.73. The second-order valence-corrected chi connectivity index (χ2v) is 14.3. The highest BCUT2D eigenvalue weighted by Gasteiger charge is 2.25. The van der Waals surface area contributed by atoms with E-state index in [0.717, 1.165) is 27.7 Å². The zero-order chi connectivity index (χ0) is 26.3. The van der Waals surface area contributed by atoms with E-state index >= 15 is 4.39 Å². The van der Waals surface area contributed by atoms with Crippen LogP contribution in [0.15, 0.2) is 65.7 Å². The first-order valence-electron chi connectivity index (χ1n) is 10.9. The van der Waals surface area contributed by atoms with Gasteiger partial charge in [-0.05, 0) is 63.1 Å². The molecule has 0 aliphatic heterocycles. The molecular weight excluding hydrogens is 505 g/mol. The number of benzene rings is 3. The molecule has 1 aromatic heterocycles. The fourth-order valence-corrected chi connectivity index (χ4v) is 5.91. The standard InChI is InChI=1S/C26H23F2N2O4PS/c1-17-5-8-19(9-6-17)36(32,33)30-13-11-20-21(12-14-35(3,4)31)26(23(28)16-25(20)30)34-18-7-10-22(27)24(15-18)29-2/h5-11,13,15-16H,12,14H2,1,3-4H3. The van der Waals surface area contributed by atoms with Crippen LogP contribution in [0.25, 0.3) is 15.7 Å². The predicted octanol–water partition coefficient (Wildman–Crippen LogP) is 6.97. The van der Waals surface area contributed by atoms with Crippen LogP contribution in [0, 0.1) is 25.1 Å². The van der Waals surface area contributed by atoms with Gasteiger partial charge in [0, 0.05) is 29.4 Å². The molecule has 0 spiro atoms. The number of fused-ring (bicyclic) bond motifs is 1. The Morgan fingerprint density at radius 3 is 2.36 bits per heavy atom. The van der Waals surface area contributed by atoms with Crippen molar-refractivity contribution < 1.29 is 26.5 Å². The molecular formula is C26H23F2N2O4PS. The molecule has 0 radical (unpaired) electrons. The summed E-state index contributed by atoms with van der Waals surface area (Å²) in [5, 5.41) is 0.419. The summed E-state index contributed by atoms with van der Waals surface area (Å²) in [4.78, 5) is 3.15. The van der Waals surface area contributed by atoms with Crippen molar-refractivity contribution in [3.63, 3.8) is 0 Å². The molecule has 0 N–H and O–H groups in total. The van der Waals surface area contributed by atoms with Crippen molar-refractivity contribution in [2.75, 3.05) is 19.5 Å². The van der Waals surface area contributed by atoms with Crippen LogP contribution in [0.5, 0.6) is 11.5 Å². The highest BCUT2D eigenvalue weighted by molar-refractivity contribution is 7.90. The Morgan fingerprint density at radius 2 is 1.72 bits per heavy atom. The van der Waals surface area contributed by atoms with Gasteiger partial charge in [0.25, 0.3) is 10.0 Å². The maximum absolute atomic E-state index is 15.5. The molecule has 36 heavy (non-hydrogen) atoms. The highest BCUT2D eigenvalue weighted by Crippen LogP contribution is 2.42. The summed E-state index contributed by atoms with van der Waals surface area (Å²) >= 11 is 0. The molecule has 0 saturated heterocycles. The Labute approximate surface area is 208 Å².